The maximum absolute atomic E-state index is 10.7. The zero-order valence-corrected chi connectivity index (χ0v) is 10.4. The molecule has 14 heavy (non-hydrogen) atoms. The highest BCUT2D eigenvalue weighted by Gasteiger charge is 2.04. The Hall–Kier alpha value is -0.610. The van der Waals surface area contributed by atoms with Gasteiger partial charge in [-0.05, 0) is 23.8 Å². The number of alkyl halides is 1. The molecule has 0 aromatic heterocycles. The highest BCUT2D eigenvalue weighted by atomic mass is 79.9. The minimum Gasteiger partial charge on any atom is -0.478 e. The predicted octanol–water partition coefficient (Wildman–Crippen LogP) is 3.56. The van der Waals surface area contributed by atoms with E-state index in [2.05, 4.69) is 31.9 Å². The Labute approximate surface area is 98.9 Å². The van der Waals surface area contributed by atoms with Gasteiger partial charge in [0.25, 0.3) is 0 Å². The molecule has 0 heterocycles. The lowest BCUT2D eigenvalue weighted by molar-refractivity contribution is 0.0697. The lowest BCUT2D eigenvalue weighted by Gasteiger charge is -1.99. The predicted molar refractivity (Wildman–Crippen MR) is 63.9 cm³/mol. The molecule has 0 aliphatic carbocycles. The van der Waals surface area contributed by atoms with Gasteiger partial charge in [0.15, 0.2) is 0 Å². The van der Waals surface area contributed by atoms with Crippen LogP contribution < -0.4 is 0 Å². The van der Waals surface area contributed by atoms with Gasteiger partial charge in [0.2, 0.25) is 0 Å². The molecule has 4 heteroatoms. The molecule has 1 N–H and O–H groups in total. The molecule has 0 aliphatic rings. The van der Waals surface area contributed by atoms with Gasteiger partial charge in [-0.3, -0.25) is 0 Å². The molecule has 2 nitrogen and oxygen atoms in total. The van der Waals surface area contributed by atoms with Crippen LogP contribution in [0.2, 0.25) is 0 Å². The van der Waals surface area contributed by atoms with Gasteiger partial charge in [-0.2, -0.15) is 0 Å². The summed E-state index contributed by atoms with van der Waals surface area (Å²) in [5.74, 6) is -0.917. The van der Waals surface area contributed by atoms with Crippen molar-refractivity contribution in [2.45, 2.75) is 0 Å². The average Bonchev–Trinajstić information content (AvgIpc) is 2.14. The van der Waals surface area contributed by atoms with E-state index in [0.717, 1.165) is 15.4 Å². The van der Waals surface area contributed by atoms with Gasteiger partial charge in [0.05, 0.1) is 5.56 Å². The summed E-state index contributed by atoms with van der Waals surface area (Å²) < 4.78 is 0.770. The zero-order chi connectivity index (χ0) is 10.6. The first kappa shape index (κ1) is 11.5. The van der Waals surface area contributed by atoms with Crippen LogP contribution >= 0.6 is 31.9 Å². The van der Waals surface area contributed by atoms with Crippen molar-refractivity contribution in [3.8, 4) is 0 Å². The van der Waals surface area contributed by atoms with Crippen LogP contribution in [0.25, 0.3) is 6.08 Å². The van der Waals surface area contributed by atoms with Crippen LogP contribution in [0, 0.1) is 0 Å². The number of hydrogen-bond donors (Lipinski definition) is 1. The maximum Gasteiger partial charge on any atom is 0.335 e. The topological polar surface area (TPSA) is 37.3 Å². The number of hydrogen-bond acceptors (Lipinski definition) is 1. The van der Waals surface area contributed by atoms with Crippen molar-refractivity contribution in [1.29, 1.82) is 0 Å². The molecule has 1 rings (SSSR count). The molecular weight excluding hydrogens is 312 g/mol. The van der Waals surface area contributed by atoms with Crippen LogP contribution in [0.1, 0.15) is 15.9 Å². The van der Waals surface area contributed by atoms with Crippen molar-refractivity contribution in [2.24, 2.45) is 0 Å². The normalized spacial score (nSPS) is 10.7. The zero-order valence-electron chi connectivity index (χ0n) is 7.21. The Morgan fingerprint density at radius 2 is 2.14 bits per heavy atom. The SMILES string of the molecule is O=C(O)c1cc(Br)cc(C=CCBr)c1. The molecule has 0 atom stereocenters. The van der Waals surface area contributed by atoms with Gasteiger partial charge in [-0.25, -0.2) is 4.79 Å². The van der Waals surface area contributed by atoms with Crippen LogP contribution in [0.4, 0.5) is 0 Å². The fourth-order valence-electron chi connectivity index (χ4n) is 1.01. The average molecular weight is 320 g/mol. The number of carboxylic acid groups (broad SMARTS) is 1. The third-order valence-electron chi connectivity index (χ3n) is 1.57. The van der Waals surface area contributed by atoms with Crippen LogP contribution in [0.15, 0.2) is 28.7 Å². The number of halogens is 2. The van der Waals surface area contributed by atoms with Gasteiger partial charge >= 0.3 is 5.97 Å². The van der Waals surface area contributed by atoms with Crippen LogP contribution in [0.3, 0.4) is 0 Å². The molecule has 0 aliphatic heterocycles. The van der Waals surface area contributed by atoms with E-state index in [1.807, 2.05) is 18.2 Å². The number of benzene rings is 1. The summed E-state index contributed by atoms with van der Waals surface area (Å²) in [6.07, 6.45) is 3.78. The van der Waals surface area contributed by atoms with Gasteiger partial charge in [-0.15, -0.1) is 0 Å². The van der Waals surface area contributed by atoms with E-state index in [-0.39, 0.29) is 5.56 Å². The summed E-state index contributed by atoms with van der Waals surface area (Å²) in [5, 5.41) is 9.56. The van der Waals surface area contributed by atoms with Crippen molar-refractivity contribution < 1.29 is 9.90 Å². The Morgan fingerprint density at radius 3 is 2.71 bits per heavy atom. The maximum atomic E-state index is 10.7. The molecule has 0 radical (unpaired) electrons. The number of aromatic carboxylic acids is 1. The van der Waals surface area contributed by atoms with E-state index >= 15 is 0 Å². The summed E-state index contributed by atoms with van der Waals surface area (Å²) >= 11 is 6.52. The van der Waals surface area contributed by atoms with Crippen molar-refractivity contribution in [3.63, 3.8) is 0 Å². The number of carbonyl (C=O) groups is 1. The van der Waals surface area contributed by atoms with E-state index in [4.69, 9.17) is 5.11 Å². The third-order valence-corrected chi connectivity index (χ3v) is 2.40. The summed E-state index contributed by atoms with van der Waals surface area (Å²) in [7, 11) is 0. The van der Waals surface area contributed by atoms with E-state index in [0.29, 0.717) is 0 Å². The quantitative estimate of drug-likeness (QED) is 0.865. The molecule has 0 unspecified atom stereocenters. The first-order valence-corrected chi connectivity index (χ1v) is 5.81. The molecule has 74 valence electrons. The molecule has 0 fully saturated rings. The second kappa shape index (κ2) is 5.32. The highest BCUT2D eigenvalue weighted by molar-refractivity contribution is 9.10. The molecule has 0 saturated carbocycles. The number of rotatable bonds is 3. The van der Waals surface area contributed by atoms with Crippen LogP contribution in [0.5, 0.6) is 0 Å². The van der Waals surface area contributed by atoms with Crippen molar-refractivity contribution in [2.75, 3.05) is 5.33 Å². The third kappa shape index (κ3) is 3.27. The van der Waals surface area contributed by atoms with Crippen LogP contribution in [-0.4, -0.2) is 16.4 Å². The first-order chi connectivity index (χ1) is 6.63. The molecule has 1 aromatic rings. The molecule has 0 amide bonds. The summed E-state index contributed by atoms with van der Waals surface area (Å²) in [4.78, 5) is 10.7. The van der Waals surface area contributed by atoms with Gasteiger partial charge in [0.1, 0.15) is 0 Å². The summed E-state index contributed by atoms with van der Waals surface area (Å²) in [6, 6.07) is 5.08. The lowest BCUT2D eigenvalue weighted by atomic mass is 10.1. The first-order valence-electron chi connectivity index (χ1n) is 3.90. The molecular formula is C10H8Br2O2. The second-order valence-electron chi connectivity index (χ2n) is 2.64. The molecule has 1 aromatic carbocycles. The van der Waals surface area contributed by atoms with Crippen molar-refractivity contribution >= 4 is 43.9 Å². The summed E-state index contributed by atoms with van der Waals surface area (Å²) in [5.41, 5.74) is 1.16. The Bertz CT molecular complexity index is 372. The Morgan fingerprint density at radius 1 is 1.43 bits per heavy atom. The molecule has 0 spiro atoms. The van der Waals surface area contributed by atoms with Gasteiger partial charge in [-0.1, -0.05) is 44.0 Å². The second-order valence-corrected chi connectivity index (χ2v) is 4.20. The van der Waals surface area contributed by atoms with E-state index < -0.39 is 5.97 Å². The standard InChI is InChI=1S/C10H8Br2O2/c11-3-1-2-7-4-8(10(13)14)6-9(12)5-7/h1-2,4-6H,3H2,(H,13,14). The Balaban J connectivity index is 3.07. The fourth-order valence-corrected chi connectivity index (χ4v) is 1.71. The lowest BCUT2D eigenvalue weighted by Crippen LogP contribution is -1.96. The van der Waals surface area contributed by atoms with Crippen LogP contribution in [-0.2, 0) is 0 Å². The molecule has 0 saturated heterocycles. The number of carboxylic acids is 1. The number of allylic oxidation sites excluding steroid dienone is 1. The molecule has 0 bridgehead atoms. The largest absolute Gasteiger partial charge is 0.478 e. The van der Waals surface area contributed by atoms with Gasteiger partial charge < -0.3 is 5.11 Å². The minimum atomic E-state index is -0.917. The minimum absolute atomic E-state index is 0.286. The van der Waals surface area contributed by atoms with Crippen molar-refractivity contribution in [1.82, 2.24) is 0 Å². The van der Waals surface area contributed by atoms with E-state index in [1.165, 1.54) is 0 Å². The monoisotopic (exact) mass is 318 g/mol. The Kier molecular flexibility index (Phi) is 4.35. The van der Waals surface area contributed by atoms with E-state index in [1.54, 1.807) is 12.1 Å². The van der Waals surface area contributed by atoms with Crippen molar-refractivity contribution in [3.05, 3.63) is 39.9 Å². The smallest absolute Gasteiger partial charge is 0.335 e. The van der Waals surface area contributed by atoms with Gasteiger partial charge in [0, 0.05) is 9.80 Å². The fraction of sp³-hybridized carbons (Fsp3) is 0.100. The summed E-state index contributed by atoms with van der Waals surface area (Å²) in [6.45, 7) is 0. The highest BCUT2D eigenvalue weighted by Crippen LogP contribution is 2.17. The van der Waals surface area contributed by atoms with E-state index in [9.17, 15) is 4.79 Å².